The lowest BCUT2D eigenvalue weighted by Gasteiger charge is -2.24. The quantitative estimate of drug-likeness (QED) is 0.890. The summed E-state index contributed by atoms with van der Waals surface area (Å²) in [5, 5.41) is 6.40. The molecule has 0 saturated carbocycles. The van der Waals surface area contributed by atoms with Crippen LogP contribution in [-0.4, -0.2) is 29.6 Å². The predicted octanol–water partition coefficient (Wildman–Crippen LogP) is 3.14. The van der Waals surface area contributed by atoms with Gasteiger partial charge in [0, 0.05) is 25.1 Å². The summed E-state index contributed by atoms with van der Waals surface area (Å²) in [4.78, 5) is 13.9. The number of anilines is 1. The molecule has 2 rings (SSSR count). The Morgan fingerprint density at radius 2 is 2.09 bits per heavy atom. The zero-order chi connectivity index (χ0) is 16.1. The lowest BCUT2D eigenvalue weighted by atomic mass is 10.1. The number of carbonyl (C=O) groups is 1. The summed E-state index contributed by atoms with van der Waals surface area (Å²) in [6.07, 6.45) is 0.341. The molecule has 0 aliphatic heterocycles. The van der Waals surface area contributed by atoms with Crippen molar-refractivity contribution in [1.82, 2.24) is 10.1 Å². The molecule has 1 amide bonds. The minimum atomic E-state index is -0.249. The van der Waals surface area contributed by atoms with E-state index in [0.717, 1.165) is 5.56 Å². The Balaban J connectivity index is 1.82. The van der Waals surface area contributed by atoms with Crippen molar-refractivity contribution in [1.29, 1.82) is 0 Å². The van der Waals surface area contributed by atoms with Gasteiger partial charge in [-0.1, -0.05) is 17.3 Å². The lowest BCUT2D eigenvalue weighted by molar-refractivity contribution is -0.116. The number of aryl methyl sites for hydroxylation is 1. The second-order valence-electron chi connectivity index (χ2n) is 5.33. The van der Waals surface area contributed by atoms with E-state index in [1.807, 2.05) is 18.9 Å². The molecule has 2 aromatic rings. The molecule has 0 fully saturated rings. The molecule has 0 spiro atoms. The number of benzene rings is 1. The van der Waals surface area contributed by atoms with Gasteiger partial charge in [0.1, 0.15) is 11.6 Å². The summed E-state index contributed by atoms with van der Waals surface area (Å²) in [5.74, 6) is 0.710. The van der Waals surface area contributed by atoms with E-state index in [4.69, 9.17) is 4.52 Å². The molecule has 1 heterocycles. The van der Waals surface area contributed by atoms with E-state index in [1.54, 1.807) is 25.1 Å². The molecule has 1 unspecified atom stereocenters. The first-order chi connectivity index (χ1) is 10.5. The van der Waals surface area contributed by atoms with Crippen LogP contribution < -0.4 is 5.32 Å². The number of carbonyl (C=O) groups excluding carboxylic acids is 1. The molecule has 0 saturated heterocycles. The molecule has 1 atom stereocenters. The minimum Gasteiger partial charge on any atom is -0.360 e. The zero-order valence-corrected chi connectivity index (χ0v) is 13.0. The Morgan fingerprint density at radius 1 is 1.41 bits per heavy atom. The molecule has 1 N–H and O–H groups in total. The predicted molar refractivity (Wildman–Crippen MR) is 81.9 cm³/mol. The van der Waals surface area contributed by atoms with Crippen molar-refractivity contribution in [3.05, 3.63) is 47.5 Å². The van der Waals surface area contributed by atoms with Crippen molar-refractivity contribution in [3.63, 3.8) is 0 Å². The first kappa shape index (κ1) is 16.2. The topological polar surface area (TPSA) is 58.4 Å². The number of hydrogen-bond donors (Lipinski definition) is 1. The SMILES string of the molecule is Cc1cc(NC(=O)CCN(C)C(C)c2ccc(F)cc2)no1. The second kappa shape index (κ2) is 7.17. The number of aromatic nitrogens is 1. The lowest BCUT2D eigenvalue weighted by Crippen LogP contribution is -2.27. The van der Waals surface area contributed by atoms with E-state index < -0.39 is 0 Å². The minimum absolute atomic E-state index is 0.0997. The summed E-state index contributed by atoms with van der Waals surface area (Å²) < 4.78 is 17.8. The third-order valence-corrected chi connectivity index (χ3v) is 3.60. The van der Waals surface area contributed by atoms with Gasteiger partial charge in [-0.05, 0) is 38.6 Å². The van der Waals surface area contributed by atoms with Gasteiger partial charge in [0.25, 0.3) is 0 Å². The van der Waals surface area contributed by atoms with Gasteiger partial charge in [-0.2, -0.15) is 0 Å². The second-order valence-corrected chi connectivity index (χ2v) is 5.33. The van der Waals surface area contributed by atoms with E-state index in [-0.39, 0.29) is 17.8 Å². The smallest absolute Gasteiger partial charge is 0.226 e. The van der Waals surface area contributed by atoms with E-state index >= 15 is 0 Å². The molecule has 0 aliphatic carbocycles. The van der Waals surface area contributed by atoms with Crippen molar-refractivity contribution in [2.24, 2.45) is 0 Å². The molecule has 0 radical (unpaired) electrons. The van der Waals surface area contributed by atoms with Crippen LogP contribution in [0.3, 0.4) is 0 Å². The van der Waals surface area contributed by atoms with Crippen LogP contribution in [0.15, 0.2) is 34.9 Å². The fourth-order valence-corrected chi connectivity index (χ4v) is 2.10. The van der Waals surface area contributed by atoms with E-state index in [0.29, 0.717) is 24.5 Å². The van der Waals surface area contributed by atoms with E-state index in [2.05, 4.69) is 10.5 Å². The maximum Gasteiger partial charge on any atom is 0.226 e. The van der Waals surface area contributed by atoms with Gasteiger partial charge in [-0.3, -0.25) is 9.69 Å². The summed E-state index contributed by atoms with van der Waals surface area (Å²) in [6.45, 7) is 4.37. The Hall–Kier alpha value is -2.21. The number of rotatable bonds is 6. The third kappa shape index (κ3) is 4.39. The highest BCUT2D eigenvalue weighted by Gasteiger charge is 2.13. The third-order valence-electron chi connectivity index (χ3n) is 3.60. The Morgan fingerprint density at radius 3 is 2.68 bits per heavy atom. The maximum atomic E-state index is 12.9. The van der Waals surface area contributed by atoms with Crippen LogP contribution in [0, 0.1) is 12.7 Å². The molecule has 5 nitrogen and oxygen atoms in total. The van der Waals surface area contributed by atoms with E-state index in [9.17, 15) is 9.18 Å². The van der Waals surface area contributed by atoms with Gasteiger partial charge in [-0.25, -0.2) is 4.39 Å². The first-order valence-electron chi connectivity index (χ1n) is 7.14. The Labute approximate surface area is 129 Å². The zero-order valence-electron chi connectivity index (χ0n) is 13.0. The monoisotopic (exact) mass is 305 g/mol. The van der Waals surface area contributed by atoms with Crippen molar-refractivity contribution >= 4 is 11.7 Å². The first-order valence-corrected chi connectivity index (χ1v) is 7.14. The summed E-state index contributed by atoms with van der Waals surface area (Å²) >= 11 is 0. The van der Waals surface area contributed by atoms with Crippen LogP contribution in [-0.2, 0) is 4.79 Å². The van der Waals surface area contributed by atoms with Gasteiger partial charge in [0.15, 0.2) is 5.82 Å². The molecule has 118 valence electrons. The number of nitrogens with one attached hydrogen (secondary N) is 1. The average Bonchev–Trinajstić information content (AvgIpc) is 2.90. The highest BCUT2D eigenvalue weighted by molar-refractivity contribution is 5.89. The molecule has 0 aliphatic rings. The number of halogens is 1. The van der Waals surface area contributed by atoms with Crippen molar-refractivity contribution < 1.29 is 13.7 Å². The van der Waals surface area contributed by atoms with Crippen LogP contribution >= 0.6 is 0 Å². The highest BCUT2D eigenvalue weighted by atomic mass is 19.1. The molecule has 22 heavy (non-hydrogen) atoms. The van der Waals surface area contributed by atoms with Crippen LogP contribution in [0.2, 0.25) is 0 Å². The summed E-state index contributed by atoms with van der Waals surface area (Å²) in [6, 6.07) is 8.17. The molecule has 1 aromatic carbocycles. The molecule has 0 bridgehead atoms. The number of hydrogen-bond acceptors (Lipinski definition) is 4. The standard InChI is InChI=1S/C16H20FN3O2/c1-11-10-15(19-22-11)18-16(21)8-9-20(3)12(2)13-4-6-14(17)7-5-13/h4-7,10,12H,8-9H2,1-3H3,(H,18,19,21). The Bertz CT molecular complexity index is 625. The molecule has 6 heteroatoms. The van der Waals surface area contributed by atoms with Crippen molar-refractivity contribution in [3.8, 4) is 0 Å². The van der Waals surface area contributed by atoms with Crippen molar-refractivity contribution in [2.45, 2.75) is 26.3 Å². The van der Waals surface area contributed by atoms with Gasteiger partial charge in [0.2, 0.25) is 5.91 Å². The fourth-order valence-electron chi connectivity index (χ4n) is 2.10. The molecule has 1 aromatic heterocycles. The number of nitrogens with zero attached hydrogens (tertiary/aromatic N) is 2. The van der Waals surface area contributed by atoms with Crippen LogP contribution in [0.1, 0.15) is 30.7 Å². The van der Waals surface area contributed by atoms with Crippen molar-refractivity contribution in [2.75, 3.05) is 18.9 Å². The van der Waals surface area contributed by atoms with E-state index in [1.165, 1.54) is 12.1 Å². The van der Waals surface area contributed by atoms with Gasteiger partial charge >= 0.3 is 0 Å². The Kier molecular flexibility index (Phi) is 5.27. The largest absolute Gasteiger partial charge is 0.360 e. The molecular weight excluding hydrogens is 285 g/mol. The summed E-state index contributed by atoms with van der Waals surface area (Å²) in [7, 11) is 1.93. The van der Waals surface area contributed by atoms with Crippen LogP contribution in [0.5, 0.6) is 0 Å². The fraction of sp³-hybridized carbons (Fsp3) is 0.375. The molecular formula is C16H20FN3O2. The normalized spacial score (nSPS) is 12.4. The average molecular weight is 305 g/mol. The summed E-state index contributed by atoms with van der Waals surface area (Å²) in [5.41, 5.74) is 1.01. The maximum absolute atomic E-state index is 12.9. The number of amides is 1. The van der Waals surface area contributed by atoms with Gasteiger partial charge in [0.05, 0.1) is 0 Å². The van der Waals surface area contributed by atoms with Crippen LogP contribution in [0.25, 0.3) is 0 Å². The van der Waals surface area contributed by atoms with Crippen LogP contribution in [0.4, 0.5) is 10.2 Å². The van der Waals surface area contributed by atoms with Gasteiger partial charge < -0.3 is 9.84 Å². The highest BCUT2D eigenvalue weighted by Crippen LogP contribution is 2.19. The van der Waals surface area contributed by atoms with Gasteiger partial charge in [-0.15, -0.1) is 0 Å².